The van der Waals surface area contributed by atoms with E-state index in [2.05, 4.69) is 12.0 Å². The lowest BCUT2D eigenvalue weighted by molar-refractivity contribution is 0.0699. The van der Waals surface area contributed by atoms with Gasteiger partial charge in [0, 0.05) is 16.6 Å². The second kappa shape index (κ2) is 6.60. The van der Waals surface area contributed by atoms with Gasteiger partial charge in [-0.05, 0) is 57.0 Å². The highest BCUT2D eigenvalue weighted by Gasteiger charge is 2.24. The zero-order chi connectivity index (χ0) is 20.0. The number of para-hydroxylation sites is 1. The highest BCUT2D eigenvalue weighted by atomic mass is 16.4. The Hall–Kier alpha value is -3.47. The van der Waals surface area contributed by atoms with Crippen molar-refractivity contribution in [2.75, 3.05) is 0 Å². The zero-order valence-electron chi connectivity index (χ0n) is 16.3. The molecule has 5 heteroatoms. The largest absolute Gasteiger partial charge is 0.478 e. The predicted molar refractivity (Wildman–Crippen MR) is 110 cm³/mol. The van der Waals surface area contributed by atoms with Gasteiger partial charge in [-0.3, -0.25) is 0 Å². The van der Waals surface area contributed by atoms with Crippen LogP contribution in [0.25, 0.3) is 27.8 Å². The third kappa shape index (κ3) is 2.85. The van der Waals surface area contributed by atoms with E-state index in [0.29, 0.717) is 22.3 Å². The SMILES string of the molecule is Cc1cc(C)n(-c2c(-c3ccc(C)c(C)c3)nc3ccccc3c2C(=O)O)n1. The van der Waals surface area contributed by atoms with Gasteiger partial charge in [-0.15, -0.1) is 0 Å². The molecular formula is C23H21N3O2. The molecule has 0 radical (unpaired) electrons. The number of rotatable bonds is 3. The smallest absolute Gasteiger partial charge is 0.338 e. The minimum atomic E-state index is -0.994. The second-order valence-electron chi connectivity index (χ2n) is 7.14. The number of aromatic carboxylic acids is 1. The summed E-state index contributed by atoms with van der Waals surface area (Å²) >= 11 is 0. The van der Waals surface area contributed by atoms with Crippen LogP contribution in [-0.2, 0) is 0 Å². The van der Waals surface area contributed by atoms with Crippen LogP contribution in [-0.4, -0.2) is 25.8 Å². The fourth-order valence-corrected chi connectivity index (χ4v) is 3.57. The Balaban J connectivity index is 2.19. The van der Waals surface area contributed by atoms with Crippen molar-refractivity contribution in [3.05, 3.63) is 76.6 Å². The van der Waals surface area contributed by atoms with E-state index < -0.39 is 5.97 Å². The molecule has 0 spiro atoms. The van der Waals surface area contributed by atoms with Crippen molar-refractivity contribution in [3.8, 4) is 16.9 Å². The van der Waals surface area contributed by atoms with E-state index >= 15 is 0 Å². The van der Waals surface area contributed by atoms with Crippen LogP contribution < -0.4 is 0 Å². The summed E-state index contributed by atoms with van der Waals surface area (Å²) in [4.78, 5) is 17.2. The first kappa shape index (κ1) is 17.9. The van der Waals surface area contributed by atoms with Crippen LogP contribution in [0.1, 0.15) is 32.9 Å². The molecule has 4 rings (SSSR count). The number of hydrogen-bond acceptors (Lipinski definition) is 3. The molecule has 0 fully saturated rings. The number of carbonyl (C=O) groups is 1. The van der Waals surface area contributed by atoms with Crippen molar-refractivity contribution >= 4 is 16.9 Å². The van der Waals surface area contributed by atoms with Gasteiger partial charge in [-0.25, -0.2) is 14.5 Å². The summed E-state index contributed by atoms with van der Waals surface area (Å²) in [6.07, 6.45) is 0. The van der Waals surface area contributed by atoms with Crippen LogP contribution in [0.15, 0.2) is 48.5 Å². The molecular weight excluding hydrogens is 350 g/mol. The van der Waals surface area contributed by atoms with Crippen molar-refractivity contribution in [1.29, 1.82) is 0 Å². The fourth-order valence-electron chi connectivity index (χ4n) is 3.57. The Kier molecular flexibility index (Phi) is 4.23. The van der Waals surface area contributed by atoms with E-state index in [9.17, 15) is 9.90 Å². The molecule has 2 aromatic carbocycles. The van der Waals surface area contributed by atoms with E-state index in [1.54, 1.807) is 10.7 Å². The Morgan fingerprint density at radius 3 is 2.36 bits per heavy atom. The van der Waals surface area contributed by atoms with Gasteiger partial charge < -0.3 is 5.11 Å². The summed E-state index contributed by atoms with van der Waals surface area (Å²) < 4.78 is 1.70. The average molecular weight is 371 g/mol. The van der Waals surface area contributed by atoms with Gasteiger partial charge in [0.2, 0.25) is 0 Å². The second-order valence-corrected chi connectivity index (χ2v) is 7.14. The monoisotopic (exact) mass is 371 g/mol. The first-order valence-corrected chi connectivity index (χ1v) is 9.14. The molecule has 2 heterocycles. The van der Waals surface area contributed by atoms with Crippen LogP contribution in [0, 0.1) is 27.7 Å². The normalized spacial score (nSPS) is 11.1. The number of carboxylic acid groups (broad SMARTS) is 1. The molecule has 4 aromatic rings. The zero-order valence-corrected chi connectivity index (χ0v) is 16.3. The summed E-state index contributed by atoms with van der Waals surface area (Å²) in [5.74, 6) is -0.994. The molecule has 0 aliphatic carbocycles. The van der Waals surface area contributed by atoms with Crippen molar-refractivity contribution in [1.82, 2.24) is 14.8 Å². The summed E-state index contributed by atoms with van der Waals surface area (Å²) in [6.45, 7) is 7.91. The Morgan fingerprint density at radius 1 is 0.964 bits per heavy atom. The van der Waals surface area contributed by atoms with Crippen molar-refractivity contribution in [2.45, 2.75) is 27.7 Å². The first-order valence-electron chi connectivity index (χ1n) is 9.14. The third-order valence-corrected chi connectivity index (χ3v) is 5.08. The molecule has 0 saturated carbocycles. The van der Waals surface area contributed by atoms with Gasteiger partial charge in [0.1, 0.15) is 5.69 Å². The average Bonchev–Trinajstić information content (AvgIpc) is 3.00. The predicted octanol–water partition coefficient (Wildman–Crippen LogP) is 5.02. The minimum Gasteiger partial charge on any atom is -0.478 e. The summed E-state index contributed by atoms with van der Waals surface area (Å²) in [6, 6.07) is 15.3. The summed E-state index contributed by atoms with van der Waals surface area (Å²) in [5, 5.41) is 15.3. The molecule has 0 atom stereocenters. The number of fused-ring (bicyclic) bond motifs is 1. The Morgan fingerprint density at radius 2 is 1.71 bits per heavy atom. The number of nitrogens with zero attached hydrogens (tertiary/aromatic N) is 3. The molecule has 0 aliphatic rings. The van der Waals surface area contributed by atoms with Gasteiger partial charge >= 0.3 is 5.97 Å². The van der Waals surface area contributed by atoms with E-state index in [0.717, 1.165) is 22.5 Å². The summed E-state index contributed by atoms with van der Waals surface area (Å²) in [5.41, 5.74) is 6.85. The van der Waals surface area contributed by atoms with Crippen LogP contribution in [0.2, 0.25) is 0 Å². The molecule has 140 valence electrons. The number of pyridine rings is 1. The minimum absolute atomic E-state index is 0.213. The Bertz CT molecular complexity index is 1240. The van der Waals surface area contributed by atoms with Crippen LogP contribution in [0.3, 0.4) is 0 Å². The van der Waals surface area contributed by atoms with Crippen molar-refractivity contribution in [3.63, 3.8) is 0 Å². The molecule has 0 unspecified atom stereocenters. The molecule has 0 bridgehead atoms. The van der Waals surface area contributed by atoms with E-state index in [1.807, 2.05) is 63.2 Å². The first-order chi connectivity index (χ1) is 13.4. The van der Waals surface area contributed by atoms with Crippen LogP contribution in [0.5, 0.6) is 0 Å². The molecule has 0 aliphatic heterocycles. The lowest BCUT2D eigenvalue weighted by atomic mass is 9.98. The number of aromatic nitrogens is 3. The molecule has 2 aromatic heterocycles. The van der Waals surface area contributed by atoms with E-state index in [1.165, 1.54) is 5.56 Å². The lowest BCUT2D eigenvalue weighted by Crippen LogP contribution is -2.12. The maximum absolute atomic E-state index is 12.4. The Labute approximate surface area is 163 Å². The maximum Gasteiger partial charge on any atom is 0.338 e. The molecule has 5 nitrogen and oxygen atoms in total. The number of hydrogen-bond donors (Lipinski definition) is 1. The van der Waals surface area contributed by atoms with Gasteiger partial charge in [0.25, 0.3) is 0 Å². The molecule has 0 saturated heterocycles. The van der Waals surface area contributed by atoms with Gasteiger partial charge in [-0.1, -0.05) is 30.3 Å². The fraction of sp³-hybridized carbons (Fsp3) is 0.174. The third-order valence-electron chi connectivity index (χ3n) is 5.08. The lowest BCUT2D eigenvalue weighted by Gasteiger charge is -2.17. The number of carboxylic acids is 1. The number of aryl methyl sites for hydroxylation is 4. The van der Waals surface area contributed by atoms with Crippen LogP contribution in [0.4, 0.5) is 0 Å². The number of benzene rings is 2. The highest BCUT2D eigenvalue weighted by molar-refractivity contribution is 6.08. The maximum atomic E-state index is 12.4. The van der Waals surface area contributed by atoms with E-state index in [4.69, 9.17) is 4.98 Å². The van der Waals surface area contributed by atoms with Gasteiger partial charge in [0.05, 0.1) is 22.5 Å². The van der Waals surface area contributed by atoms with Crippen molar-refractivity contribution < 1.29 is 9.90 Å². The summed E-state index contributed by atoms with van der Waals surface area (Å²) in [7, 11) is 0. The standard InChI is InChI=1S/C23H21N3O2/c1-13-9-10-17(11-14(13)2)21-22(26-16(4)12-15(3)25-26)20(23(27)28)18-7-5-6-8-19(18)24-21/h5-12H,1-4H3,(H,27,28). The molecule has 1 N–H and O–H groups in total. The molecule has 0 amide bonds. The highest BCUT2D eigenvalue weighted by Crippen LogP contribution is 2.34. The quantitative estimate of drug-likeness (QED) is 0.549. The van der Waals surface area contributed by atoms with Gasteiger partial charge in [-0.2, -0.15) is 5.10 Å². The van der Waals surface area contributed by atoms with E-state index in [-0.39, 0.29) is 5.56 Å². The van der Waals surface area contributed by atoms with Crippen LogP contribution >= 0.6 is 0 Å². The topological polar surface area (TPSA) is 68.0 Å². The molecule has 28 heavy (non-hydrogen) atoms. The van der Waals surface area contributed by atoms with Gasteiger partial charge in [0.15, 0.2) is 0 Å². The van der Waals surface area contributed by atoms with Crippen molar-refractivity contribution in [2.24, 2.45) is 0 Å².